The molecule has 8 rings (SSSR count). The Kier molecular flexibility index (Phi) is 9.97. The maximum atomic E-state index is 12.4. The Balaban J connectivity index is 1.44. The average Bonchev–Trinajstić information content (AvgIpc) is 3.68. The summed E-state index contributed by atoms with van der Waals surface area (Å²) >= 11 is 0. The summed E-state index contributed by atoms with van der Waals surface area (Å²) in [5.41, 5.74) is 14.3. The van der Waals surface area contributed by atoms with Crippen molar-refractivity contribution in [2.45, 2.75) is 118 Å². The highest BCUT2D eigenvalue weighted by Gasteiger charge is 2.27. The van der Waals surface area contributed by atoms with E-state index in [4.69, 9.17) is 16.8 Å². The number of imidazole rings is 1. The Hall–Kier alpha value is -6.26. The number of aromatic nitrogens is 3. The summed E-state index contributed by atoms with van der Waals surface area (Å²) in [5.74, 6) is 1.11. The molecule has 0 saturated heterocycles. The first-order valence-electron chi connectivity index (χ1n) is 25.1. The molecule has 0 aliphatic heterocycles. The van der Waals surface area contributed by atoms with E-state index < -0.39 is 6.04 Å². The van der Waals surface area contributed by atoms with E-state index in [0.29, 0.717) is 22.6 Å². The van der Waals surface area contributed by atoms with E-state index in [1.165, 1.54) is 11.1 Å². The predicted octanol–water partition coefficient (Wildman–Crippen LogP) is 16.6. The number of pyridine rings is 1. The first-order valence-corrected chi connectivity index (χ1v) is 22.6. The van der Waals surface area contributed by atoms with E-state index in [1.54, 1.807) is 18.3 Å². The lowest BCUT2D eigenvalue weighted by atomic mass is 9.83. The van der Waals surface area contributed by atoms with Crippen LogP contribution < -0.4 is 0 Å². The standard InChI is InChI=1S/C60H65N3O/c1-37(2)42-33-49(38(3)4)56(64)51(34-42)57-62-55-48(43-30-44(32-47(31-43)60(11,12)13)52-35-41(28-29-61-52)39-18-15-14-16-19-39)20-17-21-54(55)63(57)53-27-26-46(59(8,9)10)36-50(53)40-22-24-45(25-23-40)58(5,6)7/h14-38,64H,1-13H3/i14D,15D,16D,18D,19D. The molecule has 1 N–H and O–H groups in total. The van der Waals surface area contributed by atoms with Gasteiger partial charge >= 0.3 is 0 Å². The van der Waals surface area contributed by atoms with Crippen LogP contribution in [0.3, 0.4) is 0 Å². The molecule has 0 unspecified atom stereocenters. The van der Waals surface area contributed by atoms with Crippen LogP contribution in [-0.4, -0.2) is 19.6 Å². The minimum Gasteiger partial charge on any atom is -0.507 e. The lowest BCUT2D eigenvalue weighted by Crippen LogP contribution is -2.12. The summed E-state index contributed by atoms with van der Waals surface area (Å²) in [5, 5.41) is 12.4. The highest BCUT2D eigenvalue weighted by molar-refractivity contribution is 5.98. The van der Waals surface area contributed by atoms with Gasteiger partial charge in [-0.05, 0) is 127 Å². The second-order valence-electron chi connectivity index (χ2n) is 21.0. The van der Waals surface area contributed by atoms with Crippen LogP contribution in [0.15, 0.2) is 140 Å². The Labute approximate surface area is 389 Å². The van der Waals surface area contributed by atoms with Gasteiger partial charge in [0.1, 0.15) is 11.6 Å². The molecule has 8 aromatic rings. The van der Waals surface area contributed by atoms with Gasteiger partial charge < -0.3 is 5.11 Å². The van der Waals surface area contributed by atoms with Crippen molar-refractivity contribution in [2.75, 3.05) is 0 Å². The molecule has 2 aromatic heterocycles. The number of fused-ring (bicyclic) bond motifs is 1. The Morgan fingerprint density at radius 3 is 1.84 bits per heavy atom. The Morgan fingerprint density at radius 1 is 0.547 bits per heavy atom. The number of phenolic OH excluding ortho intramolecular Hbond substituents is 1. The van der Waals surface area contributed by atoms with Crippen LogP contribution in [-0.2, 0) is 16.2 Å². The van der Waals surface area contributed by atoms with E-state index in [1.807, 2.05) is 0 Å². The van der Waals surface area contributed by atoms with Crippen LogP contribution in [0.25, 0.3) is 72.7 Å². The first-order chi connectivity index (χ1) is 32.3. The number of phenols is 1. The van der Waals surface area contributed by atoms with Crippen molar-refractivity contribution in [1.29, 1.82) is 0 Å². The van der Waals surface area contributed by atoms with Crippen LogP contribution in [0, 0.1) is 0 Å². The molecular weight excluding hydrogens is 779 g/mol. The highest BCUT2D eigenvalue weighted by atomic mass is 16.3. The number of benzene rings is 6. The van der Waals surface area contributed by atoms with Crippen molar-refractivity contribution in [1.82, 2.24) is 14.5 Å². The number of para-hydroxylation sites is 1. The van der Waals surface area contributed by atoms with E-state index in [-0.39, 0.29) is 63.6 Å². The fourth-order valence-corrected chi connectivity index (χ4v) is 8.46. The van der Waals surface area contributed by atoms with Gasteiger partial charge in [0.25, 0.3) is 0 Å². The summed E-state index contributed by atoms with van der Waals surface area (Å²) in [7, 11) is 0. The zero-order valence-corrected chi connectivity index (χ0v) is 39.8. The van der Waals surface area contributed by atoms with Gasteiger partial charge in [-0.2, -0.15) is 0 Å². The fourth-order valence-electron chi connectivity index (χ4n) is 8.46. The quantitative estimate of drug-likeness (QED) is 0.166. The van der Waals surface area contributed by atoms with Crippen molar-refractivity contribution >= 4 is 11.0 Å². The van der Waals surface area contributed by atoms with Crippen LogP contribution in [0.5, 0.6) is 5.75 Å². The van der Waals surface area contributed by atoms with E-state index >= 15 is 0 Å². The molecule has 2 heterocycles. The molecule has 4 heteroatoms. The smallest absolute Gasteiger partial charge is 0.149 e. The summed E-state index contributed by atoms with van der Waals surface area (Å²) < 4.78 is 44.6. The third kappa shape index (κ3) is 8.68. The zero-order valence-electron chi connectivity index (χ0n) is 44.8. The number of aromatic hydroxyl groups is 1. The van der Waals surface area contributed by atoms with E-state index in [0.717, 1.165) is 61.2 Å². The second kappa shape index (κ2) is 16.7. The Bertz CT molecular complexity index is 3260. The lowest BCUT2D eigenvalue weighted by Gasteiger charge is -2.24. The van der Waals surface area contributed by atoms with Gasteiger partial charge in [-0.25, -0.2) is 4.98 Å². The predicted molar refractivity (Wildman–Crippen MR) is 272 cm³/mol. The van der Waals surface area contributed by atoms with Crippen LogP contribution in [0.1, 0.15) is 137 Å². The summed E-state index contributed by atoms with van der Waals surface area (Å²) in [6.45, 7) is 28.5. The fraction of sp³-hybridized carbons (Fsp3) is 0.300. The molecule has 0 radical (unpaired) electrons. The third-order valence-corrected chi connectivity index (χ3v) is 12.5. The minimum absolute atomic E-state index is 0.0147. The minimum atomic E-state index is -0.429. The largest absolute Gasteiger partial charge is 0.507 e. The maximum absolute atomic E-state index is 12.4. The molecule has 4 nitrogen and oxygen atoms in total. The average molecular weight is 849 g/mol. The van der Waals surface area contributed by atoms with Gasteiger partial charge in [-0.15, -0.1) is 0 Å². The second-order valence-corrected chi connectivity index (χ2v) is 21.0. The van der Waals surface area contributed by atoms with Crippen molar-refractivity contribution in [3.63, 3.8) is 0 Å². The maximum Gasteiger partial charge on any atom is 0.149 e. The van der Waals surface area contributed by atoms with Crippen LogP contribution >= 0.6 is 0 Å². The van der Waals surface area contributed by atoms with Crippen molar-refractivity contribution < 1.29 is 12.0 Å². The topological polar surface area (TPSA) is 50.9 Å². The number of nitrogens with zero attached hydrogens (tertiary/aromatic N) is 3. The highest BCUT2D eigenvalue weighted by Crippen LogP contribution is 2.45. The molecule has 0 aliphatic rings. The van der Waals surface area contributed by atoms with Gasteiger partial charge in [0.15, 0.2) is 0 Å². The molecule has 6 aromatic carbocycles. The number of rotatable bonds is 8. The molecule has 0 spiro atoms. The third-order valence-electron chi connectivity index (χ3n) is 12.5. The molecular formula is C60H65N3O. The van der Waals surface area contributed by atoms with E-state index in [9.17, 15) is 5.11 Å². The van der Waals surface area contributed by atoms with Gasteiger partial charge in [-0.1, -0.05) is 175 Å². The van der Waals surface area contributed by atoms with Gasteiger partial charge in [-0.3, -0.25) is 9.55 Å². The molecule has 0 atom stereocenters. The lowest BCUT2D eigenvalue weighted by molar-refractivity contribution is 0.466. The van der Waals surface area contributed by atoms with Crippen molar-refractivity contribution in [2.24, 2.45) is 0 Å². The van der Waals surface area contributed by atoms with Gasteiger partial charge in [0.05, 0.1) is 34.8 Å². The van der Waals surface area contributed by atoms with Crippen LogP contribution in [0.2, 0.25) is 0 Å². The zero-order chi connectivity index (χ0) is 50.2. The SMILES string of the molecule is [2H]c1c([2H])c([2H])c(-c2ccnc(-c3cc(-c4cccc5c4nc(-c4cc(C(C)C)cc(C(C)C)c4O)n5-c4ccc(C(C)(C)C)cc4-c4ccc(C(C)(C)C)cc4)cc(C(C)(C)C)c3)c2)c([2H])c1[2H]. The first kappa shape index (κ1) is 38.2. The molecule has 0 aliphatic carbocycles. The Morgan fingerprint density at radius 2 is 1.20 bits per heavy atom. The normalized spacial score (nSPS) is 13.6. The molecule has 0 amide bonds. The molecule has 0 saturated carbocycles. The number of hydrogen-bond donors (Lipinski definition) is 1. The monoisotopic (exact) mass is 849 g/mol. The summed E-state index contributed by atoms with van der Waals surface area (Å²) in [4.78, 5) is 10.4. The van der Waals surface area contributed by atoms with E-state index in [2.05, 4.69) is 186 Å². The van der Waals surface area contributed by atoms with Gasteiger partial charge in [0.2, 0.25) is 0 Å². The molecule has 0 bridgehead atoms. The summed E-state index contributed by atoms with van der Waals surface area (Å²) in [6, 6.07) is 34.4. The molecule has 64 heavy (non-hydrogen) atoms. The van der Waals surface area contributed by atoms with Crippen molar-refractivity contribution in [3.05, 3.63) is 167 Å². The van der Waals surface area contributed by atoms with Crippen LogP contribution in [0.4, 0.5) is 0 Å². The molecule has 326 valence electrons. The molecule has 0 fully saturated rings. The van der Waals surface area contributed by atoms with Crippen molar-refractivity contribution in [3.8, 4) is 67.5 Å². The summed E-state index contributed by atoms with van der Waals surface area (Å²) in [6.07, 6.45) is 1.63. The van der Waals surface area contributed by atoms with Gasteiger partial charge in [0, 0.05) is 22.9 Å². The number of hydrogen-bond acceptors (Lipinski definition) is 3.